The lowest BCUT2D eigenvalue weighted by molar-refractivity contribution is -0.136. The van der Waals surface area contributed by atoms with E-state index in [2.05, 4.69) is 4.98 Å². The van der Waals surface area contributed by atoms with Gasteiger partial charge in [0.15, 0.2) is 0 Å². The molecule has 0 aromatic carbocycles. The maximum Gasteiger partial charge on any atom is 0.309 e. The Morgan fingerprint density at radius 2 is 2.29 bits per heavy atom. The third kappa shape index (κ3) is 1.69. The molecule has 1 saturated carbocycles. The van der Waals surface area contributed by atoms with Crippen LogP contribution in [0.4, 0.5) is 0 Å². The van der Waals surface area contributed by atoms with E-state index in [9.17, 15) is 4.79 Å². The molecule has 1 N–H and O–H groups in total. The Morgan fingerprint density at radius 1 is 1.47 bits per heavy atom. The van der Waals surface area contributed by atoms with E-state index in [-0.39, 0.29) is 6.42 Å². The zero-order valence-corrected chi connectivity index (χ0v) is 9.47. The Labute approximate surface area is 98.9 Å². The van der Waals surface area contributed by atoms with Gasteiger partial charge in [0.2, 0.25) is 0 Å². The Bertz CT molecular complexity index is 570. The van der Waals surface area contributed by atoms with E-state index in [1.54, 1.807) is 0 Å². The molecule has 0 saturated heterocycles. The fourth-order valence-electron chi connectivity index (χ4n) is 2.36. The Hall–Kier alpha value is -1.84. The first-order valence-electron chi connectivity index (χ1n) is 5.93. The summed E-state index contributed by atoms with van der Waals surface area (Å²) < 4.78 is 2.04. The molecule has 0 radical (unpaired) electrons. The lowest BCUT2D eigenvalue weighted by Gasteiger charge is -2.23. The number of hydrogen-bond donors (Lipinski definition) is 1. The van der Waals surface area contributed by atoms with Gasteiger partial charge in [-0.2, -0.15) is 0 Å². The lowest BCUT2D eigenvalue weighted by atomic mass is 9.85. The topological polar surface area (TPSA) is 54.6 Å². The van der Waals surface area contributed by atoms with Crippen LogP contribution in [0.3, 0.4) is 0 Å². The highest BCUT2D eigenvalue weighted by Gasteiger charge is 2.25. The fraction of sp³-hybridized carbons (Fsp3) is 0.385. The number of hydrogen-bond acceptors (Lipinski definition) is 2. The summed E-state index contributed by atoms with van der Waals surface area (Å²) in [6.45, 7) is 0. The normalized spacial score (nSPS) is 16.0. The number of fused-ring (bicyclic) bond motifs is 1. The van der Waals surface area contributed by atoms with Crippen molar-refractivity contribution in [3.05, 3.63) is 35.9 Å². The average molecular weight is 230 g/mol. The summed E-state index contributed by atoms with van der Waals surface area (Å²) in [5.74, 6) is 0.713. The molecule has 0 unspecified atom stereocenters. The molecule has 1 aliphatic rings. The van der Waals surface area contributed by atoms with Crippen molar-refractivity contribution in [3.63, 3.8) is 0 Å². The van der Waals surface area contributed by atoms with Crippen molar-refractivity contribution in [3.8, 4) is 0 Å². The quantitative estimate of drug-likeness (QED) is 0.879. The smallest absolute Gasteiger partial charge is 0.309 e. The van der Waals surface area contributed by atoms with Gasteiger partial charge in [-0.05, 0) is 25.0 Å². The summed E-state index contributed by atoms with van der Waals surface area (Å²) in [6, 6.07) is 5.82. The first-order valence-corrected chi connectivity index (χ1v) is 5.93. The molecule has 2 heterocycles. The van der Waals surface area contributed by atoms with Crippen LogP contribution in [-0.4, -0.2) is 20.5 Å². The minimum Gasteiger partial charge on any atom is -0.481 e. The number of carboxylic acid groups (broad SMARTS) is 1. The average Bonchev–Trinajstić information content (AvgIpc) is 2.55. The molecular weight excluding hydrogens is 216 g/mol. The van der Waals surface area contributed by atoms with E-state index in [1.165, 1.54) is 19.3 Å². The third-order valence-electron chi connectivity index (χ3n) is 3.44. The fourth-order valence-corrected chi connectivity index (χ4v) is 2.36. The minimum atomic E-state index is -0.825. The van der Waals surface area contributed by atoms with Gasteiger partial charge < -0.3 is 9.51 Å². The maximum absolute atomic E-state index is 10.8. The van der Waals surface area contributed by atoms with Crippen molar-refractivity contribution in [2.45, 2.75) is 31.6 Å². The molecule has 2 aromatic rings. The second kappa shape index (κ2) is 3.87. The van der Waals surface area contributed by atoms with Crippen molar-refractivity contribution in [1.82, 2.24) is 9.38 Å². The Morgan fingerprint density at radius 3 is 2.94 bits per heavy atom. The molecule has 1 aliphatic carbocycles. The first kappa shape index (κ1) is 10.3. The van der Waals surface area contributed by atoms with Gasteiger partial charge in [-0.1, -0.05) is 12.5 Å². The van der Waals surface area contributed by atoms with Gasteiger partial charge in [0.05, 0.1) is 17.6 Å². The first-order chi connectivity index (χ1) is 8.25. The maximum atomic E-state index is 10.8. The van der Waals surface area contributed by atoms with E-state index in [1.807, 2.05) is 28.8 Å². The standard InChI is InChI=1S/C13H14N2O2/c16-12(17)8-10-11-6-1-2-7-15(11)13(14-10)9-4-3-5-9/h1-2,6-7,9H,3-5,8H2,(H,16,17). The molecule has 0 amide bonds. The van der Waals surface area contributed by atoms with Crippen LogP contribution in [0.5, 0.6) is 0 Å². The molecule has 88 valence electrons. The SMILES string of the molecule is O=C(O)Cc1nc(C2CCC2)n2ccccc12. The largest absolute Gasteiger partial charge is 0.481 e. The molecule has 4 heteroatoms. The summed E-state index contributed by atoms with van der Waals surface area (Å²) in [4.78, 5) is 15.4. The van der Waals surface area contributed by atoms with E-state index < -0.39 is 5.97 Å². The summed E-state index contributed by atoms with van der Waals surface area (Å²) >= 11 is 0. The molecule has 0 aliphatic heterocycles. The number of carboxylic acids is 1. The number of aliphatic carboxylic acids is 1. The predicted octanol–water partition coefficient (Wildman–Crippen LogP) is 2.23. The highest BCUT2D eigenvalue weighted by Crippen LogP contribution is 2.36. The van der Waals surface area contributed by atoms with Gasteiger partial charge >= 0.3 is 5.97 Å². The van der Waals surface area contributed by atoms with Crippen molar-refractivity contribution < 1.29 is 9.90 Å². The molecule has 0 atom stereocenters. The van der Waals surface area contributed by atoms with Gasteiger partial charge in [-0.3, -0.25) is 4.79 Å². The third-order valence-corrected chi connectivity index (χ3v) is 3.44. The number of carbonyl (C=O) groups is 1. The summed E-state index contributed by atoms with van der Waals surface area (Å²) in [5.41, 5.74) is 1.61. The lowest BCUT2D eigenvalue weighted by Crippen LogP contribution is -2.12. The Balaban J connectivity index is 2.12. The zero-order chi connectivity index (χ0) is 11.8. The zero-order valence-electron chi connectivity index (χ0n) is 9.47. The summed E-state index contributed by atoms with van der Waals surface area (Å²) in [5, 5.41) is 8.90. The molecule has 0 bridgehead atoms. The van der Waals surface area contributed by atoms with Gasteiger partial charge in [-0.25, -0.2) is 4.98 Å². The van der Waals surface area contributed by atoms with Gasteiger partial charge in [-0.15, -0.1) is 0 Å². The summed E-state index contributed by atoms with van der Waals surface area (Å²) in [6.07, 6.45) is 5.56. The minimum absolute atomic E-state index is 0.000231. The van der Waals surface area contributed by atoms with E-state index in [0.29, 0.717) is 11.6 Å². The van der Waals surface area contributed by atoms with Crippen LogP contribution < -0.4 is 0 Å². The summed E-state index contributed by atoms with van der Waals surface area (Å²) in [7, 11) is 0. The van der Waals surface area contributed by atoms with Crippen molar-refractivity contribution in [2.24, 2.45) is 0 Å². The molecular formula is C13H14N2O2. The Kier molecular flexibility index (Phi) is 2.35. The number of pyridine rings is 1. The van der Waals surface area contributed by atoms with E-state index in [4.69, 9.17) is 5.11 Å². The van der Waals surface area contributed by atoms with E-state index in [0.717, 1.165) is 11.3 Å². The van der Waals surface area contributed by atoms with Crippen LogP contribution in [0.1, 0.15) is 36.7 Å². The van der Waals surface area contributed by atoms with Crippen LogP contribution in [0.2, 0.25) is 0 Å². The number of imidazole rings is 1. The predicted molar refractivity (Wildman–Crippen MR) is 63.1 cm³/mol. The van der Waals surface area contributed by atoms with Crippen LogP contribution in [0.15, 0.2) is 24.4 Å². The van der Waals surface area contributed by atoms with E-state index >= 15 is 0 Å². The molecule has 4 nitrogen and oxygen atoms in total. The molecule has 0 spiro atoms. The second-order valence-corrected chi connectivity index (χ2v) is 4.57. The number of aromatic nitrogens is 2. The van der Waals surface area contributed by atoms with Crippen molar-refractivity contribution in [2.75, 3.05) is 0 Å². The highest BCUT2D eigenvalue weighted by molar-refractivity contribution is 5.73. The highest BCUT2D eigenvalue weighted by atomic mass is 16.4. The van der Waals surface area contributed by atoms with Gasteiger partial charge in [0.1, 0.15) is 5.82 Å². The van der Waals surface area contributed by atoms with Gasteiger partial charge in [0, 0.05) is 12.1 Å². The second-order valence-electron chi connectivity index (χ2n) is 4.57. The van der Waals surface area contributed by atoms with Crippen LogP contribution in [0.25, 0.3) is 5.52 Å². The molecule has 1 fully saturated rings. The van der Waals surface area contributed by atoms with Crippen molar-refractivity contribution >= 4 is 11.5 Å². The number of nitrogens with zero attached hydrogens (tertiary/aromatic N) is 2. The number of rotatable bonds is 3. The van der Waals surface area contributed by atoms with Gasteiger partial charge in [0.25, 0.3) is 0 Å². The monoisotopic (exact) mass is 230 g/mol. The molecule has 2 aromatic heterocycles. The molecule has 17 heavy (non-hydrogen) atoms. The van der Waals surface area contributed by atoms with Crippen LogP contribution in [-0.2, 0) is 11.2 Å². The molecule has 3 rings (SSSR count). The van der Waals surface area contributed by atoms with Crippen molar-refractivity contribution in [1.29, 1.82) is 0 Å². The van der Waals surface area contributed by atoms with Crippen LogP contribution in [0, 0.1) is 0 Å². The van der Waals surface area contributed by atoms with Crippen LogP contribution >= 0.6 is 0 Å².